The smallest absolute Gasteiger partial charge is 0.437 e. The van der Waals surface area contributed by atoms with Crippen LogP contribution in [0.3, 0.4) is 0 Å². The van der Waals surface area contributed by atoms with Crippen LogP contribution in [0.25, 0.3) is 11.0 Å². The molecule has 3 aromatic rings. The van der Waals surface area contributed by atoms with E-state index in [1.807, 2.05) is 32.9 Å². The van der Waals surface area contributed by atoms with Crippen LogP contribution in [-0.4, -0.2) is 18.2 Å². The lowest BCUT2D eigenvalue weighted by Gasteiger charge is -2.22. The van der Waals surface area contributed by atoms with E-state index in [2.05, 4.69) is 5.16 Å². The Morgan fingerprint density at radius 1 is 1.09 bits per heavy atom. The number of carbonyl (C=O) groups excluding carboxylic acids is 1. The first-order valence-electron chi connectivity index (χ1n) is 11.1. The third kappa shape index (κ3) is 5.15. The monoisotopic (exact) mass is 463 g/mol. The van der Waals surface area contributed by atoms with Gasteiger partial charge in [-0.05, 0) is 36.5 Å². The highest BCUT2D eigenvalue weighted by molar-refractivity contribution is 5.87. The van der Waals surface area contributed by atoms with Crippen molar-refractivity contribution in [3.8, 4) is 5.75 Å². The van der Waals surface area contributed by atoms with E-state index in [4.69, 9.17) is 14.0 Å². The van der Waals surface area contributed by atoms with Gasteiger partial charge in [-0.3, -0.25) is 0 Å². The maximum absolute atomic E-state index is 13.5. The van der Waals surface area contributed by atoms with Crippen molar-refractivity contribution in [3.63, 3.8) is 0 Å². The van der Waals surface area contributed by atoms with Crippen molar-refractivity contribution < 1.29 is 32.0 Å². The van der Waals surface area contributed by atoms with Crippen molar-refractivity contribution >= 4 is 16.9 Å². The molecule has 33 heavy (non-hydrogen) atoms. The van der Waals surface area contributed by atoms with Crippen molar-refractivity contribution in [2.45, 2.75) is 65.2 Å². The zero-order chi connectivity index (χ0) is 24.2. The highest BCUT2D eigenvalue weighted by Gasteiger charge is 2.38. The van der Waals surface area contributed by atoms with Crippen LogP contribution < -0.4 is 4.74 Å². The third-order valence-electron chi connectivity index (χ3n) is 5.52. The molecule has 0 saturated heterocycles. The second kappa shape index (κ2) is 10.3. The molecule has 178 valence electrons. The maximum Gasteiger partial charge on any atom is 0.437 e. The molecule has 0 spiro atoms. The molecule has 0 amide bonds. The van der Waals surface area contributed by atoms with Crippen molar-refractivity contribution in [3.05, 3.63) is 58.3 Å². The van der Waals surface area contributed by atoms with Crippen LogP contribution in [0.2, 0.25) is 0 Å². The van der Waals surface area contributed by atoms with Crippen LogP contribution in [0.4, 0.5) is 13.2 Å². The van der Waals surface area contributed by atoms with Gasteiger partial charge in [-0.25, -0.2) is 4.79 Å². The summed E-state index contributed by atoms with van der Waals surface area (Å²) in [6, 6.07) is 8.83. The summed E-state index contributed by atoms with van der Waals surface area (Å²) in [5.41, 5.74) is 1.71. The van der Waals surface area contributed by atoms with E-state index in [1.165, 1.54) is 13.2 Å². The number of methoxy groups -OCH3 is 1. The van der Waals surface area contributed by atoms with E-state index in [1.54, 1.807) is 12.1 Å². The molecule has 1 aromatic heterocycles. The van der Waals surface area contributed by atoms with Gasteiger partial charge in [0.2, 0.25) is 6.10 Å². The molecule has 1 heterocycles. The molecule has 2 aromatic carbocycles. The fraction of sp³-hybridized carbons (Fsp3) is 0.440. The summed E-state index contributed by atoms with van der Waals surface area (Å²) in [4.78, 5) is 12.7. The minimum Gasteiger partial charge on any atom is -0.473 e. The van der Waals surface area contributed by atoms with Gasteiger partial charge < -0.3 is 14.0 Å². The Bertz CT molecular complexity index is 1100. The predicted octanol–water partition coefficient (Wildman–Crippen LogP) is 6.61. The van der Waals surface area contributed by atoms with E-state index in [0.29, 0.717) is 48.1 Å². The predicted molar refractivity (Wildman–Crippen MR) is 118 cm³/mol. The summed E-state index contributed by atoms with van der Waals surface area (Å²) in [5, 5.41) is 3.22. The summed E-state index contributed by atoms with van der Waals surface area (Å²) in [6.07, 6.45) is -2.70. The highest BCUT2D eigenvalue weighted by atomic mass is 19.4. The van der Waals surface area contributed by atoms with Gasteiger partial charge in [0.05, 0.1) is 12.5 Å². The number of nitrogens with zero attached hydrogens (tertiary/aromatic N) is 1. The topological polar surface area (TPSA) is 61.6 Å². The molecule has 0 aliphatic heterocycles. The Hall–Kier alpha value is -3.03. The van der Waals surface area contributed by atoms with E-state index in [0.717, 1.165) is 12.0 Å². The lowest BCUT2D eigenvalue weighted by Crippen LogP contribution is -2.21. The molecule has 0 bridgehead atoms. The van der Waals surface area contributed by atoms with Gasteiger partial charge in [0, 0.05) is 11.1 Å². The summed E-state index contributed by atoms with van der Waals surface area (Å²) in [7, 11) is 1.27. The van der Waals surface area contributed by atoms with E-state index >= 15 is 0 Å². The quantitative estimate of drug-likeness (QED) is 0.334. The Labute approximate surface area is 190 Å². The number of fused-ring (bicyclic) bond motifs is 1. The van der Waals surface area contributed by atoms with Gasteiger partial charge in [0.15, 0.2) is 11.3 Å². The highest BCUT2D eigenvalue weighted by Crippen LogP contribution is 2.42. The molecule has 1 unspecified atom stereocenters. The zero-order valence-corrected chi connectivity index (χ0v) is 19.2. The van der Waals surface area contributed by atoms with Crippen LogP contribution in [-0.2, 0) is 35.0 Å². The number of benzene rings is 2. The molecule has 8 heteroatoms. The molecule has 0 saturated carbocycles. The number of hydrogen-bond acceptors (Lipinski definition) is 5. The van der Waals surface area contributed by atoms with Gasteiger partial charge in [0.1, 0.15) is 5.75 Å². The minimum absolute atomic E-state index is 0.0315. The lowest BCUT2D eigenvalue weighted by atomic mass is 9.97. The lowest BCUT2D eigenvalue weighted by molar-refractivity contribution is -0.149. The summed E-state index contributed by atoms with van der Waals surface area (Å²) in [6.45, 7) is 5.86. The summed E-state index contributed by atoms with van der Waals surface area (Å²) < 4.78 is 57.0. The number of aryl methyl sites for hydroxylation is 3. The number of halogens is 3. The van der Waals surface area contributed by atoms with Gasteiger partial charge in [-0.2, -0.15) is 13.2 Å². The molecule has 0 fully saturated rings. The first-order chi connectivity index (χ1) is 15.7. The molecular weight excluding hydrogens is 435 g/mol. The molecule has 5 nitrogen and oxygen atoms in total. The molecular formula is C25H28F3NO4. The second-order valence-corrected chi connectivity index (χ2v) is 7.87. The fourth-order valence-electron chi connectivity index (χ4n) is 3.87. The first kappa shape index (κ1) is 24.6. The SMILES string of the molecule is CCCc1cc2c(C(F)(F)F)noc2c(CCC)c1OC(C(=O)OC)c1ccc(CC)cc1. The molecule has 1 atom stereocenters. The van der Waals surface area contributed by atoms with Crippen molar-refractivity contribution in [2.24, 2.45) is 0 Å². The van der Waals surface area contributed by atoms with Crippen molar-refractivity contribution in [1.82, 2.24) is 5.16 Å². The Balaban J connectivity index is 2.20. The van der Waals surface area contributed by atoms with Crippen molar-refractivity contribution in [1.29, 1.82) is 0 Å². The van der Waals surface area contributed by atoms with Crippen LogP contribution in [0.15, 0.2) is 34.9 Å². The number of aromatic nitrogens is 1. The molecule has 0 N–H and O–H groups in total. The standard InChI is InChI=1S/C25H28F3NO4/c1-5-8-17-14-19-22(33-29-23(19)25(26,27)28)18(9-6-2)20(17)32-21(24(30)31-4)16-12-10-15(7-3)11-13-16/h10-14,21H,5-9H2,1-4H3. The summed E-state index contributed by atoms with van der Waals surface area (Å²) in [5.74, 6) is -0.246. The van der Waals surface area contributed by atoms with Gasteiger partial charge in [-0.1, -0.05) is 63.0 Å². The number of rotatable bonds is 9. The van der Waals surface area contributed by atoms with Crippen LogP contribution >= 0.6 is 0 Å². The number of hydrogen-bond donors (Lipinski definition) is 0. The fourth-order valence-corrected chi connectivity index (χ4v) is 3.87. The van der Waals surface area contributed by atoms with Gasteiger partial charge in [-0.15, -0.1) is 0 Å². The summed E-state index contributed by atoms with van der Waals surface area (Å²) >= 11 is 0. The number of alkyl halides is 3. The van der Waals surface area contributed by atoms with E-state index in [-0.39, 0.29) is 11.0 Å². The van der Waals surface area contributed by atoms with Crippen molar-refractivity contribution in [2.75, 3.05) is 7.11 Å². The molecule has 0 aliphatic rings. The van der Waals surface area contributed by atoms with Gasteiger partial charge >= 0.3 is 12.1 Å². The molecule has 0 aliphatic carbocycles. The van der Waals surface area contributed by atoms with E-state index in [9.17, 15) is 18.0 Å². The normalized spacial score (nSPS) is 12.7. The molecule has 0 radical (unpaired) electrons. The first-order valence-corrected chi connectivity index (χ1v) is 11.1. The van der Waals surface area contributed by atoms with E-state index < -0.39 is 23.9 Å². The maximum atomic E-state index is 13.5. The Morgan fingerprint density at radius 3 is 2.30 bits per heavy atom. The van der Waals surface area contributed by atoms with Gasteiger partial charge in [0.25, 0.3) is 0 Å². The number of carbonyl (C=O) groups is 1. The van der Waals surface area contributed by atoms with Crippen LogP contribution in [0.5, 0.6) is 5.75 Å². The number of ether oxygens (including phenoxy) is 2. The zero-order valence-electron chi connectivity index (χ0n) is 19.2. The average molecular weight is 463 g/mol. The van der Waals surface area contributed by atoms with Crippen LogP contribution in [0.1, 0.15) is 67.7 Å². The minimum atomic E-state index is -4.64. The number of esters is 1. The Morgan fingerprint density at radius 2 is 1.76 bits per heavy atom. The largest absolute Gasteiger partial charge is 0.473 e. The van der Waals surface area contributed by atoms with Crippen LogP contribution in [0, 0.1) is 0 Å². The Kier molecular flexibility index (Phi) is 7.66. The average Bonchev–Trinajstić information content (AvgIpc) is 3.23. The molecule has 3 rings (SSSR count). The third-order valence-corrected chi connectivity index (χ3v) is 5.52. The second-order valence-electron chi connectivity index (χ2n) is 7.87.